The highest BCUT2D eigenvalue weighted by atomic mass is 35.5. The molecule has 0 saturated heterocycles. The molecular formula is C29H25Cl2N3O5S. The summed E-state index contributed by atoms with van der Waals surface area (Å²) in [6.45, 7) is 1.86. The van der Waals surface area contributed by atoms with Crippen LogP contribution in [0.25, 0.3) is 0 Å². The van der Waals surface area contributed by atoms with Gasteiger partial charge in [0.05, 0.1) is 26.9 Å². The molecule has 40 heavy (non-hydrogen) atoms. The largest absolute Gasteiger partial charge is 0.422 e. The Kier molecular flexibility index (Phi) is 9.31. The van der Waals surface area contributed by atoms with Crippen molar-refractivity contribution in [2.24, 2.45) is 0 Å². The third kappa shape index (κ3) is 6.74. The van der Waals surface area contributed by atoms with Gasteiger partial charge in [-0.2, -0.15) is 0 Å². The van der Waals surface area contributed by atoms with Crippen molar-refractivity contribution in [2.45, 2.75) is 29.7 Å². The lowest BCUT2D eigenvalue weighted by atomic mass is 10.2. The van der Waals surface area contributed by atoms with Crippen molar-refractivity contribution in [3.63, 3.8) is 0 Å². The van der Waals surface area contributed by atoms with Gasteiger partial charge in [-0.15, -0.1) is 0 Å². The predicted octanol–water partition coefficient (Wildman–Crippen LogP) is 7.40. The Morgan fingerprint density at radius 3 is 2.02 bits per heavy atom. The summed E-state index contributed by atoms with van der Waals surface area (Å²) >= 11 is 12.6. The van der Waals surface area contributed by atoms with E-state index in [4.69, 9.17) is 27.9 Å². The fourth-order valence-electron chi connectivity index (χ4n) is 3.76. The number of halogens is 2. The average molecular weight is 599 g/mol. The van der Waals surface area contributed by atoms with E-state index in [1.165, 1.54) is 24.3 Å². The Hall–Kier alpha value is -4.05. The molecule has 4 aromatic rings. The molecule has 4 rings (SSSR count). The molecule has 4 aromatic carbocycles. The summed E-state index contributed by atoms with van der Waals surface area (Å²) in [6.07, 6.45) is 0.0982. The van der Waals surface area contributed by atoms with Crippen LogP contribution in [-0.4, -0.2) is 20.4 Å². The van der Waals surface area contributed by atoms with Gasteiger partial charge >= 0.3 is 12.0 Å². The Bertz CT molecular complexity index is 1630. The second-order valence-electron chi connectivity index (χ2n) is 8.46. The van der Waals surface area contributed by atoms with Crippen LogP contribution in [-0.2, 0) is 21.2 Å². The summed E-state index contributed by atoms with van der Waals surface area (Å²) in [7, 11) is -3.91. The van der Waals surface area contributed by atoms with Crippen molar-refractivity contribution in [2.75, 3.05) is 16.0 Å². The van der Waals surface area contributed by atoms with Crippen molar-refractivity contribution in [1.29, 1.82) is 0 Å². The molecule has 8 nitrogen and oxygen atoms in total. The topological polar surface area (TPSA) is 114 Å². The minimum absolute atomic E-state index is 0.0685. The third-order valence-electron chi connectivity index (χ3n) is 5.76. The van der Waals surface area contributed by atoms with Crippen LogP contribution in [0.3, 0.4) is 0 Å². The van der Waals surface area contributed by atoms with Crippen LogP contribution >= 0.6 is 23.2 Å². The summed E-state index contributed by atoms with van der Waals surface area (Å²) in [6, 6.07) is 23.3. The molecule has 0 bridgehead atoms. The van der Waals surface area contributed by atoms with E-state index in [1.54, 1.807) is 73.7 Å². The molecule has 11 heteroatoms. The second-order valence-corrected chi connectivity index (χ2v) is 11.2. The molecule has 0 heterocycles. The summed E-state index contributed by atoms with van der Waals surface area (Å²) < 4.78 is 32.0. The molecule has 0 aromatic heterocycles. The van der Waals surface area contributed by atoms with Crippen molar-refractivity contribution >= 4 is 62.1 Å². The van der Waals surface area contributed by atoms with E-state index in [1.807, 2.05) is 0 Å². The maximum atomic E-state index is 13.2. The number of anilines is 3. The van der Waals surface area contributed by atoms with Crippen LogP contribution in [0.4, 0.5) is 21.9 Å². The minimum Gasteiger partial charge on any atom is -0.422 e. The Morgan fingerprint density at radius 1 is 0.750 bits per heavy atom. The summed E-state index contributed by atoms with van der Waals surface area (Å²) in [5.74, 6) is -0.439. The molecule has 0 aliphatic rings. The number of ether oxygens (including phenoxy) is 1. The van der Waals surface area contributed by atoms with Crippen molar-refractivity contribution < 1.29 is 22.7 Å². The van der Waals surface area contributed by atoms with Crippen LogP contribution in [0.2, 0.25) is 10.0 Å². The standard InChI is InChI=1S/C29H25Cl2N3O5S/c1-2-27(35)39-28-24(32-18-20-21(30)12-8-13-22(20)31)15-9-16-25(28)34-29(36)33-23-14-6-7-17-26(23)40(37,38)19-10-4-3-5-11-19/h3-17,32H,2,18H2,1H3,(H2,33,34,36). The number of esters is 1. The number of hydrogen-bond acceptors (Lipinski definition) is 6. The SMILES string of the molecule is CCC(=O)Oc1c(NCc2c(Cl)cccc2Cl)cccc1NC(=O)Nc1ccccc1S(=O)(=O)c1ccccc1. The number of carbonyl (C=O) groups is 2. The molecule has 0 radical (unpaired) electrons. The summed E-state index contributed by atoms with van der Waals surface area (Å²) in [5.41, 5.74) is 1.31. The number of nitrogens with one attached hydrogen (secondary N) is 3. The molecule has 0 atom stereocenters. The van der Waals surface area contributed by atoms with E-state index in [-0.39, 0.29) is 39.9 Å². The number of amides is 2. The first-order valence-electron chi connectivity index (χ1n) is 12.2. The van der Waals surface area contributed by atoms with E-state index in [2.05, 4.69) is 16.0 Å². The molecule has 0 spiro atoms. The minimum atomic E-state index is -3.91. The van der Waals surface area contributed by atoms with Gasteiger partial charge in [-0.05, 0) is 48.5 Å². The van der Waals surface area contributed by atoms with Crippen LogP contribution in [0.15, 0.2) is 101 Å². The highest BCUT2D eigenvalue weighted by Crippen LogP contribution is 2.36. The molecular weight excluding hydrogens is 573 g/mol. The Balaban J connectivity index is 1.60. The zero-order valence-corrected chi connectivity index (χ0v) is 23.6. The van der Waals surface area contributed by atoms with Crippen molar-refractivity contribution in [3.8, 4) is 5.75 Å². The molecule has 0 fully saturated rings. The Labute approximate surface area is 242 Å². The van der Waals surface area contributed by atoms with E-state index >= 15 is 0 Å². The number of urea groups is 1. The second kappa shape index (κ2) is 12.9. The molecule has 0 unspecified atom stereocenters. The highest BCUT2D eigenvalue weighted by molar-refractivity contribution is 7.91. The lowest BCUT2D eigenvalue weighted by Gasteiger charge is -2.18. The first-order valence-corrected chi connectivity index (χ1v) is 14.4. The number of para-hydroxylation sites is 2. The molecule has 0 aliphatic carbocycles. The van der Waals surface area contributed by atoms with E-state index in [9.17, 15) is 18.0 Å². The van der Waals surface area contributed by atoms with Gasteiger partial charge in [0.25, 0.3) is 0 Å². The zero-order valence-electron chi connectivity index (χ0n) is 21.3. The number of sulfone groups is 1. The smallest absolute Gasteiger partial charge is 0.323 e. The molecule has 0 saturated carbocycles. The van der Waals surface area contributed by atoms with Gasteiger partial charge in [0.15, 0.2) is 5.75 Å². The van der Waals surface area contributed by atoms with Crippen LogP contribution < -0.4 is 20.7 Å². The van der Waals surface area contributed by atoms with E-state index in [0.717, 1.165) is 0 Å². The molecule has 206 valence electrons. The monoisotopic (exact) mass is 597 g/mol. The number of hydrogen-bond donors (Lipinski definition) is 3. The average Bonchev–Trinajstić information content (AvgIpc) is 2.94. The quantitative estimate of drug-likeness (QED) is 0.137. The van der Waals surface area contributed by atoms with Crippen molar-refractivity contribution in [3.05, 3.63) is 107 Å². The zero-order chi connectivity index (χ0) is 28.7. The first kappa shape index (κ1) is 28.9. The van der Waals surface area contributed by atoms with Crippen LogP contribution in [0.1, 0.15) is 18.9 Å². The van der Waals surface area contributed by atoms with Gasteiger partial charge in [-0.3, -0.25) is 4.79 Å². The molecule has 3 N–H and O–H groups in total. The van der Waals surface area contributed by atoms with Gasteiger partial charge in [-0.1, -0.05) is 72.6 Å². The predicted molar refractivity (Wildman–Crippen MR) is 157 cm³/mol. The third-order valence-corrected chi connectivity index (χ3v) is 8.30. The lowest BCUT2D eigenvalue weighted by molar-refractivity contribution is -0.133. The lowest BCUT2D eigenvalue weighted by Crippen LogP contribution is -2.22. The number of benzene rings is 4. The number of rotatable bonds is 9. The fraction of sp³-hybridized carbons (Fsp3) is 0.103. The van der Waals surface area contributed by atoms with Gasteiger partial charge in [0.2, 0.25) is 9.84 Å². The fourth-order valence-corrected chi connectivity index (χ4v) is 5.73. The van der Waals surface area contributed by atoms with Gasteiger partial charge in [0, 0.05) is 28.6 Å². The van der Waals surface area contributed by atoms with Gasteiger partial charge in [-0.25, -0.2) is 13.2 Å². The van der Waals surface area contributed by atoms with Gasteiger partial charge < -0.3 is 20.7 Å². The van der Waals surface area contributed by atoms with E-state index in [0.29, 0.717) is 21.3 Å². The maximum absolute atomic E-state index is 13.2. The maximum Gasteiger partial charge on any atom is 0.323 e. The van der Waals surface area contributed by atoms with Gasteiger partial charge in [0.1, 0.15) is 0 Å². The highest BCUT2D eigenvalue weighted by Gasteiger charge is 2.23. The molecule has 0 aliphatic heterocycles. The van der Waals surface area contributed by atoms with Crippen molar-refractivity contribution in [1.82, 2.24) is 0 Å². The number of carbonyl (C=O) groups excluding carboxylic acids is 2. The Morgan fingerprint density at radius 2 is 1.32 bits per heavy atom. The van der Waals surface area contributed by atoms with Crippen LogP contribution in [0.5, 0.6) is 5.75 Å². The molecule has 2 amide bonds. The first-order chi connectivity index (χ1) is 19.2. The normalized spacial score (nSPS) is 11.0. The summed E-state index contributed by atoms with van der Waals surface area (Å²) in [4.78, 5) is 25.3. The van der Waals surface area contributed by atoms with Crippen LogP contribution in [0, 0.1) is 0 Å². The van der Waals surface area contributed by atoms with E-state index < -0.39 is 21.8 Å². The summed E-state index contributed by atoms with van der Waals surface area (Å²) in [5, 5.41) is 9.33.